The van der Waals surface area contributed by atoms with Gasteiger partial charge in [-0.25, -0.2) is 0 Å². The van der Waals surface area contributed by atoms with Crippen LogP contribution in [0, 0.1) is 16.0 Å². The third-order valence-electron chi connectivity index (χ3n) is 5.09. The number of anilines is 1. The smallest absolute Gasteiger partial charge is 0.269 e. The Morgan fingerprint density at radius 3 is 2.68 bits per heavy atom. The topological polar surface area (TPSA) is 83.8 Å². The van der Waals surface area contributed by atoms with Gasteiger partial charge in [0.25, 0.3) is 5.69 Å². The first kappa shape index (κ1) is 19.8. The molecule has 2 unspecified atom stereocenters. The molecule has 0 saturated carbocycles. The first-order valence-corrected chi connectivity index (χ1v) is 9.22. The molecular weight excluding hydrogens is 382 g/mol. The number of benzene rings is 2. The van der Waals surface area contributed by atoms with Crippen LogP contribution in [0.2, 0.25) is 5.02 Å². The molecule has 3 rings (SSSR count). The fourth-order valence-electron chi connectivity index (χ4n) is 3.37. The van der Waals surface area contributed by atoms with Crippen molar-refractivity contribution < 1.29 is 14.5 Å². The fraction of sp³-hybridized carbons (Fsp3) is 0.300. The van der Waals surface area contributed by atoms with Crippen LogP contribution >= 0.6 is 11.6 Å². The molecule has 0 radical (unpaired) electrons. The van der Waals surface area contributed by atoms with Crippen molar-refractivity contribution >= 4 is 34.8 Å². The minimum absolute atomic E-state index is 0.0200. The minimum atomic E-state index is -0.474. The Hall–Kier alpha value is -2.93. The van der Waals surface area contributed by atoms with Crippen LogP contribution in [0.3, 0.4) is 0 Å². The molecule has 1 saturated heterocycles. The maximum absolute atomic E-state index is 13.0. The van der Waals surface area contributed by atoms with Crippen molar-refractivity contribution in [3.8, 4) is 0 Å². The van der Waals surface area contributed by atoms with Crippen LogP contribution < -0.4 is 4.90 Å². The standard InChI is InChI=1S/C20H20ClN3O4/c1-13(14-5-3-8-18(9-14)24(27)28)22(2)20(26)15-10-19(25)23(12-15)17-7-4-6-16(21)11-17/h3-9,11,13,15H,10,12H2,1-2H3. The highest BCUT2D eigenvalue weighted by atomic mass is 35.5. The summed E-state index contributed by atoms with van der Waals surface area (Å²) < 4.78 is 0. The molecule has 8 heteroatoms. The molecule has 2 atom stereocenters. The second kappa shape index (κ2) is 7.98. The number of nitro groups is 1. The molecule has 2 aromatic carbocycles. The lowest BCUT2D eigenvalue weighted by Gasteiger charge is -2.27. The molecule has 0 aromatic heterocycles. The maximum Gasteiger partial charge on any atom is 0.269 e. The number of nitrogens with zero attached hydrogens (tertiary/aromatic N) is 3. The van der Waals surface area contributed by atoms with E-state index < -0.39 is 10.8 Å². The lowest BCUT2D eigenvalue weighted by atomic mass is 10.0. The molecule has 0 N–H and O–H groups in total. The van der Waals surface area contributed by atoms with E-state index >= 15 is 0 Å². The van der Waals surface area contributed by atoms with Crippen LogP contribution in [0.5, 0.6) is 0 Å². The molecule has 2 aromatic rings. The molecular formula is C20H20ClN3O4. The molecule has 0 spiro atoms. The Balaban J connectivity index is 1.74. The Kier molecular flexibility index (Phi) is 5.65. The maximum atomic E-state index is 13.0. The summed E-state index contributed by atoms with van der Waals surface area (Å²) in [5, 5.41) is 11.5. The van der Waals surface area contributed by atoms with Gasteiger partial charge in [-0.3, -0.25) is 19.7 Å². The highest BCUT2D eigenvalue weighted by Crippen LogP contribution is 2.30. The van der Waals surface area contributed by atoms with Crippen molar-refractivity contribution in [2.75, 3.05) is 18.5 Å². The monoisotopic (exact) mass is 401 g/mol. The van der Waals surface area contributed by atoms with Crippen LogP contribution in [-0.4, -0.2) is 35.2 Å². The average molecular weight is 402 g/mol. The van der Waals surface area contributed by atoms with Crippen molar-refractivity contribution in [1.29, 1.82) is 0 Å². The lowest BCUT2D eigenvalue weighted by molar-refractivity contribution is -0.384. The largest absolute Gasteiger partial charge is 0.339 e. The molecule has 1 fully saturated rings. The van der Waals surface area contributed by atoms with E-state index in [9.17, 15) is 19.7 Å². The van der Waals surface area contributed by atoms with Gasteiger partial charge in [0.05, 0.1) is 16.9 Å². The van der Waals surface area contributed by atoms with Gasteiger partial charge in [-0.05, 0) is 30.7 Å². The zero-order chi connectivity index (χ0) is 20.4. The van der Waals surface area contributed by atoms with Gasteiger partial charge in [0, 0.05) is 42.9 Å². The molecule has 0 bridgehead atoms. The fourth-order valence-corrected chi connectivity index (χ4v) is 3.55. The number of hydrogen-bond acceptors (Lipinski definition) is 4. The number of carbonyl (C=O) groups excluding carboxylic acids is 2. The number of halogens is 1. The van der Waals surface area contributed by atoms with Crippen molar-refractivity contribution in [3.05, 3.63) is 69.2 Å². The van der Waals surface area contributed by atoms with Gasteiger partial charge in [-0.2, -0.15) is 0 Å². The minimum Gasteiger partial charge on any atom is -0.339 e. The molecule has 1 heterocycles. The third kappa shape index (κ3) is 3.99. The normalized spacial score (nSPS) is 17.5. The molecule has 1 aliphatic rings. The number of carbonyl (C=O) groups is 2. The van der Waals surface area contributed by atoms with Crippen LogP contribution in [0.15, 0.2) is 48.5 Å². The van der Waals surface area contributed by atoms with Crippen molar-refractivity contribution in [2.24, 2.45) is 5.92 Å². The van der Waals surface area contributed by atoms with Gasteiger partial charge in [-0.15, -0.1) is 0 Å². The summed E-state index contributed by atoms with van der Waals surface area (Å²) in [6.07, 6.45) is 0.122. The van der Waals surface area contributed by atoms with Crippen LogP contribution in [-0.2, 0) is 9.59 Å². The van der Waals surface area contributed by atoms with Gasteiger partial charge in [0.15, 0.2) is 0 Å². The summed E-state index contributed by atoms with van der Waals surface area (Å²) in [6.45, 7) is 2.09. The molecule has 146 valence electrons. The van der Waals surface area contributed by atoms with E-state index in [2.05, 4.69) is 0 Å². The summed E-state index contributed by atoms with van der Waals surface area (Å²) in [6, 6.07) is 12.8. The molecule has 28 heavy (non-hydrogen) atoms. The summed E-state index contributed by atoms with van der Waals surface area (Å²) in [4.78, 5) is 39.0. The molecule has 1 aliphatic heterocycles. The van der Waals surface area contributed by atoms with Gasteiger partial charge < -0.3 is 9.80 Å². The van der Waals surface area contributed by atoms with Crippen LogP contribution in [0.25, 0.3) is 0 Å². The van der Waals surface area contributed by atoms with Gasteiger partial charge >= 0.3 is 0 Å². The molecule has 0 aliphatic carbocycles. The van der Waals surface area contributed by atoms with E-state index in [4.69, 9.17) is 11.6 Å². The Bertz CT molecular complexity index is 933. The predicted molar refractivity (Wildman–Crippen MR) is 106 cm³/mol. The number of non-ortho nitro benzene ring substituents is 1. The summed E-state index contributed by atoms with van der Waals surface area (Å²) in [5.41, 5.74) is 1.32. The van der Waals surface area contributed by atoms with E-state index in [1.54, 1.807) is 53.2 Å². The quantitative estimate of drug-likeness (QED) is 0.563. The Morgan fingerprint density at radius 2 is 2.00 bits per heavy atom. The molecule has 7 nitrogen and oxygen atoms in total. The number of rotatable bonds is 5. The highest BCUT2D eigenvalue weighted by molar-refractivity contribution is 6.31. The zero-order valence-corrected chi connectivity index (χ0v) is 16.3. The first-order valence-electron chi connectivity index (χ1n) is 8.85. The second-order valence-corrected chi connectivity index (χ2v) is 7.30. The SMILES string of the molecule is CC(c1cccc([N+](=O)[O-])c1)N(C)C(=O)C1CC(=O)N(c2cccc(Cl)c2)C1. The zero-order valence-electron chi connectivity index (χ0n) is 15.5. The third-order valence-corrected chi connectivity index (χ3v) is 5.32. The van der Waals surface area contributed by atoms with E-state index in [1.807, 2.05) is 6.92 Å². The van der Waals surface area contributed by atoms with Crippen LogP contribution in [0.4, 0.5) is 11.4 Å². The van der Waals surface area contributed by atoms with Crippen molar-refractivity contribution in [1.82, 2.24) is 4.90 Å². The number of hydrogen-bond donors (Lipinski definition) is 0. The average Bonchev–Trinajstić information content (AvgIpc) is 3.08. The van der Waals surface area contributed by atoms with Gasteiger partial charge in [0.2, 0.25) is 11.8 Å². The number of nitro benzene ring substituents is 1. The summed E-state index contributed by atoms with van der Waals surface area (Å²) in [7, 11) is 1.65. The van der Waals surface area contributed by atoms with E-state index in [1.165, 1.54) is 12.1 Å². The Morgan fingerprint density at radius 1 is 1.29 bits per heavy atom. The van der Waals surface area contributed by atoms with Crippen LogP contribution in [0.1, 0.15) is 24.9 Å². The summed E-state index contributed by atoms with van der Waals surface area (Å²) >= 11 is 6.00. The molecule has 2 amide bonds. The second-order valence-electron chi connectivity index (χ2n) is 6.86. The van der Waals surface area contributed by atoms with E-state index in [-0.39, 0.29) is 36.5 Å². The van der Waals surface area contributed by atoms with Gasteiger partial charge in [0.1, 0.15) is 0 Å². The predicted octanol–water partition coefficient (Wildman–Crippen LogP) is 3.82. The van der Waals surface area contributed by atoms with Crippen molar-refractivity contribution in [2.45, 2.75) is 19.4 Å². The van der Waals surface area contributed by atoms with E-state index in [0.29, 0.717) is 16.3 Å². The van der Waals surface area contributed by atoms with Crippen molar-refractivity contribution in [3.63, 3.8) is 0 Å². The number of amides is 2. The Labute approximate surface area is 167 Å². The summed E-state index contributed by atoms with van der Waals surface area (Å²) in [5.74, 6) is -0.772. The van der Waals surface area contributed by atoms with E-state index in [0.717, 1.165) is 0 Å². The van der Waals surface area contributed by atoms with Gasteiger partial charge in [-0.1, -0.05) is 29.8 Å². The lowest BCUT2D eigenvalue weighted by Crippen LogP contribution is -2.36. The first-order chi connectivity index (χ1) is 13.3. The highest BCUT2D eigenvalue weighted by Gasteiger charge is 2.37.